The van der Waals surface area contributed by atoms with Gasteiger partial charge in [0.05, 0.1) is 11.0 Å². The van der Waals surface area contributed by atoms with Crippen molar-refractivity contribution in [2.75, 3.05) is 0 Å². The minimum Gasteiger partial charge on any atom is -0.309 e. The summed E-state index contributed by atoms with van der Waals surface area (Å²) in [6.45, 7) is 14.5. The molecule has 0 atom stereocenters. The molecule has 328 valence electrons. The van der Waals surface area contributed by atoms with Crippen LogP contribution in [0.25, 0.3) is 105 Å². The second-order valence-corrected chi connectivity index (χ2v) is 21.6. The maximum Gasteiger partial charge on any atom is 0.0547 e. The van der Waals surface area contributed by atoms with Crippen molar-refractivity contribution in [3.8, 4) is 61.3 Å². The SMILES string of the molecule is CC1(C)CCC(C)(C)c2cc3c(cc21)c1cc2ccccc2cc1n3-c1ccc2c(-c3cc(-c4ccc(-c5ccccc5)cc4)cc(-c4ccc5c(c4)C(C)(C)c4ccccc4-5)c3)cccc2c1. The van der Waals surface area contributed by atoms with Gasteiger partial charge in [-0.2, -0.15) is 0 Å². The van der Waals surface area contributed by atoms with Crippen LogP contribution in [-0.2, 0) is 16.2 Å². The number of nitrogens with zero attached hydrogens (tertiary/aromatic N) is 1. The molecular formula is C67H55N. The lowest BCUT2D eigenvalue weighted by atomic mass is 9.63. The normalized spacial score (nSPS) is 15.4. The lowest BCUT2D eigenvalue weighted by Crippen LogP contribution is -2.33. The number of hydrogen-bond donors (Lipinski definition) is 0. The van der Waals surface area contributed by atoms with Crippen LogP contribution in [0.3, 0.4) is 0 Å². The molecule has 0 unspecified atom stereocenters. The Morgan fingerprint density at radius 1 is 0.309 bits per heavy atom. The van der Waals surface area contributed by atoms with E-state index in [0.29, 0.717) is 0 Å². The van der Waals surface area contributed by atoms with Gasteiger partial charge in [0.15, 0.2) is 0 Å². The van der Waals surface area contributed by atoms with Gasteiger partial charge in [0.2, 0.25) is 0 Å². The van der Waals surface area contributed by atoms with Crippen molar-refractivity contribution in [3.63, 3.8) is 0 Å². The van der Waals surface area contributed by atoms with Crippen LogP contribution in [0.4, 0.5) is 0 Å². The molecule has 0 aliphatic heterocycles. The van der Waals surface area contributed by atoms with E-state index in [1.807, 2.05) is 0 Å². The molecule has 11 aromatic rings. The van der Waals surface area contributed by atoms with E-state index in [1.54, 1.807) is 0 Å². The zero-order valence-electron chi connectivity index (χ0n) is 39.9. The average molecular weight is 874 g/mol. The van der Waals surface area contributed by atoms with Crippen LogP contribution in [0, 0.1) is 0 Å². The quantitative estimate of drug-likeness (QED) is 0.162. The van der Waals surface area contributed by atoms with Crippen LogP contribution in [-0.4, -0.2) is 4.57 Å². The molecule has 13 rings (SSSR count). The highest BCUT2D eigenvalue weighted by Gasteiger charge is 2.38. The molecule has 0 saturated heterocycles. The number of hydrogen-bond acceptors (Lipinski definition) is 0. The predicted molar refractivity (Wildman–Crippen MR) is 290 cm³/mol. The molecule has 1 nitrogen and oxygen atoms in total. The topological polar surface area (TPSA) is 4.93 Å². The molecule has 1 aromatic heterocycles. The second-order valence-electron chi connectivity index (χ2n) is 21.6. The first-order valence-electron chi connectivity index (χ1n) is 24.5. The molecule has 10 aromatic carbocycles. The summed E-state index contributed by atoms with van der Waals surface area (Å²) in [5.74, 6) is 0. The van der Waals surface area contributed by atoms with Crippen molar-refractivity contribution in [2.24, 2.45) is 0 Å². The van der Waals surface area contributed by atoms with Gasteiger partial charge < -0.3 is 4.57 Å². The fourth-order valence-electron chi connectivity index (χ4n) is 12.2. The summed E-state index contributed by atoms with van der Waals surface area (Å²) in [5.41, 5.74) is 22.1. The van der Waals surface area contributed by atoms with Crippen LogP contribution in [0.5, 0.6) is 0 Å². The Morgan fingerprint density at radius 2 is 0.853 bits per heavy atom. The van der Waals surface area contributed by atoms with E-state index >= 15 is 0 Å². The molecule has 0 N–H and O–H groups in total. The lowest BCUT2D eigenvalue weighted by Gasteiger charge is -2.42. The first-order valence-corrected chi connectivity index (χ1v) is 24.5. The van der Waals surface area contributed by atoms with E-state index in [-0.39, 0.29) is 16.2 Å². The Morgan fingerprint density at radius 3 is 1.62 bits per heavy atom. The maximum absolute atomic E-state index is 2.55. The van der Waals surface area contributed by atoms with Gasteiger partial charge in [0.25, 0.3) is 0 Å². The zero-order valence-corrected chi connectivity index (χ0v) is 39.9. The van der Waals surface area contributed by atoms with Crippen molar-refractivity contribution in [3.05, 3.63) is 222 Å². The van der Waals surface area contributed by atoms with Crippen LogP contribution in [0.2, 0.25) is 0 Å². The summed E-state index contributed by atoms with van der Waals surface area (Å²) in [7, 11) is 0. The summed E-state index contributed by atoms with van der Waals surface area (Å²) < 4.78 is 2.55. The summed E-state index contributed by atoms with van der Waals surface area (Å²) in [4.78, 5) is 0. The third-order valence-corrected chi connectivity index (χ3v) is 16.2. The smallest absolute Gasteiger partial charge is 0.0547 e. The molecule has 2 aliphatic carbocycles. The highest BCUT2D eigenvalue weighted by Crippen LogP contribution is 2.51. The minimum absolute atomic E-state index is 0.0847. The van der Waals surface area contributed by atoms with Crippen molar-refractivity contribution in [1.82, 2.24) is 4.57 Å². The standard InChI is InChI=1S/C67H55N/c1-65(2)31-32-66(3,4)62-41-64-58(40-61(62)65)57-37-45-17-10-11-18-46(45)39-63(57)68(64)52-28-30-54-48(36-52)19-14-21-53(54)51-34-49(44-25-23-43(24-26-44)42-15-8-7-9-16-42)33-50(35-51)47-27-29-56-55-20-12-13-22-59(55)67(5,6)60(56)38-47/h7-30,33-41H,31-32H2,1-6H3. The first-order chi connectivity index (χ1) is 32.9. The second kappa shape index (κ2) is 14.8. The summed E-state index contributed by atoms with van der Waals surface area (Å²) in [6.07, 6.45) is 2.38. The van der Waals surface area contributed by atoms with Gasteiger partial charge in [-0.1, -0.05) is 181 Å². The van der Waals surface area contributed by atoms with E-state index in [1.165, 1.54) is 140 Å². The third kappa shape index (κ3) is 6.28. The molecular weight excluding hydrogens is 819 g/mol. The van der Waals surface area contributed by atoms with Gasteiger partial charge in [-0.15, -0.1) is 0 Å². The van der Waals surface area contributed by atoms with E-state index in [9.17, 15) is 0 Å². The Hall–Kier alpha value is -7.48. The number of benzene rings is 10. The van der Waals surface area contributed by atoms with Gasteiger partial charge in [-0.25, -0.2) is 0 Å². The van der Waals surface area contributed by atoms with Gasteiger partial charge in [0.1, 0.15) is 0 Å². The highest BCUT2D eigenvalue weighted by atomic mass is 15.0. The van der Waals surface area contributed by atoms with Crippen LogP contribution < -0.4 is 0 Å². The molecule has 0 radical (unpaired) electrons. The number of rotatable bonds is 5. The monoisotopic (exact) mass is 873 g/mol. The summed E-state index contributed by atoms with van der Waals surface area (Å²) in [6, 6.07) is 75.9. The van der Waals surface area contributed by atoms with Crippen LogP contribution >= 0.6 is 0 Å². The molecule has 0 bridgehead atoms. The van der Waals surface area contributed by atoms with Gasteiger partial charge in [-0.3, -0.25) is 0 Å². The van der Waals surface area contributed by atoms with Gasteiger partial charge in [-0.05, 0) is 184 Å². The molecule has 0 saturated carbocycles. The fraction of sp³-hybridized carbons (Fsp3) is 0.164. The average Bonchev–Trinajstić information content (AvgIpc) is 3.80. The fourth-order valence-corrected chi connectivity index (χ4v) is 12.2. The molecule has 1 heterocycles. The van der Waals surface area contributed by atoms with Crippen molar-refractivity contribution < 1.29 is 0 Å². The van der Waals surface area contributed by atoms with E-state index in [4.69, 9.17) is 0 Å². The largest absolute Gasteiger partial charge is 0.309 e. The first kappa shape index (κ1) is 40.8. The summed E-state index contributed by atoms with van der Waals surface area (Å²) in [5, 5.41) is 7.67. The summed E-state index contributed by atoms with van der Waals surface area (Å²) >= 11 is 0. The van der Waals surface area contributed by atoms with Crippen molar-refractivity contribution >= 4 is 43.4 Å². The molecule has 0 fully saturated rings. The van der Waals surface area contributed by atoms with Gasteiger partial charge >= 0.3 is 0 Å². The minimum atomic E-state index is -0.0847. The highest BCUT2D eigenvalue weighted by molar-refractivity contribution is 6.14. The van der Waals surface area contributed by atoms with E-state index < -0.39 is 0 Å². The van der Waals surface area contributed by atoms with Crippen LogP contribution in [0.1, 0.15) is 76.6 Å². The molecule has 1 heteroatoms. The third-order valence-electron chi connectivity index (χ3n) is 16.2. The van der Waals surface area contributed by atoms with Crippen molar-refractivity contribution in [1.29, 1.82) is 0 Å². The Kier molecular flexibility index (Phi) is 8.85. The molecule has 2 aliphatic rings. The predicted octanol–water partition coefficient (Wildman–Crippen LogP) is 18.4. The zero-order chi connectivity index (χ0) is 46.1. The van der Waals surface area contributed by atoms with E-state index in [2.05, 4.69) is 246 Å². The van der Waals surface area contributed by atoms with Crippen molar-refractivity contribution in [2.45, 2.75) is 70.6 Å². The Bertz CT molecular complexity index is 3860. The molecule has 0 spiro atoms. The number of aromatic nitrogens is 1. The van der Waals surface area contributed by atoms with Gasteiger partial charge in [0, 0.05) is 21.9 Å². The lowest BCUT2D eigenvalue weighted by molar-refractivity contribution is 0.332. The Balaban J connectivity index is 0.990. The Labute approximate surface area is 400 Å². The maximum atomic E-state index is 2.55. The number of fused-ring (bicyclic) bond motifs is 9. The molecule has 68 heavy (non-hydrogen) atoms. The van der Waals surface area contributed by atoms with Crippen LogP contribution in [0.15, 0.2) is 200 Å². The van der Waals surface area contributed by atoms with E-state index in [0.717, 1.165) is 0 Å². The molecule has 0 amide bonds.